The maximum absolute atomic E-state index is 13.0. The third kappa shape index (κ3) is 6.27. The number of amides is 1. The minimum absolute atomic E-state index is 0. The van der Waals surface area contributed by atoms with Gasteiger partial charge in [-0.05, 0) is 80.2 Å². The number of anilines is 1. The number of nitrogens with zero attached hydrogens (tertiary/aromatic N) is 1. The molecular weight excluding hydrogens is 426 g/mol. The van der Waals surface area contributed by atoms with Crippen molar-refractivity contribution in [3.63, 3.8) is 0 Å². The molecule has 1 amide bonds. The Balaban J connectivity index is 0.00000320. The Kier molecular flexibility index (Phi) is 9.28. The van der Waals surface area contributed by atoms with Crippen molar-refractivity contribution in [2.75, 3.05) is 24.5 Å². The molecule has 30 heavy (non-hydrogen) atoms. The number of Topliss-reactive ketones (excluding diaryl/α,β-unsaturated/α-hetero) is 1. The van der Waals surface area contributed by atoms with Gasteiger partial charge >= 0.3 is 0 Å². The number of hydrogen-bond acceptors (Lipinski definition) is 3. The molecule has 0 saturated heterocycles. The van der Waals surface area contributed by atoms with Gasteiger partial charge in [-0.25, -0.2) is 4.39 Å². The number of unbranched alkanes of at least 4 members (excludes halogenated alkanes) is 1. The van der Waals surface area contributed by atoms with Crippen molar-refractivity contribution in [3.8, 4) is 0 Å². The van der Waals surface area contributed by atoms with Crippen LogP contribution in [-0.4, -0.2) is 31.3 Å². The zero-order valence-corrected chi connectivity index (χ0v) is 18.6. The molecule has 2 aromatic rings. The van der Waals surface area contributed by atoms with Gasteiger partial charge in [0.25, 0.3) is 0 Å². The Bertz CT molecular complexity index is 905. The number of rotatable bonds is 9. The number of benzene rings is 2. The summed E-state index contributed by atoms with van der Waals surface area (Å²) in [4.78, 5) is 25.8. The number of hydrogen-bond donors (Lipinski definition) is 1. The van der Waals surface area contributed by atoms with Crippen LogP contribution in [0.2, 0.25) is 5.02 Å². The highest BCUT2D eigenvalue weighted by Crippen LogP contribution is 2.29. The van der Waals surface area contributed by atoms with Crippen molar-refractivity contribution in [2.45, 2.75) is 39.0 Å². The van der Waals surface area contributed by atoms with Gasteiger partial charge in [-0.2, -0.15) is 0 Å². The van der Waals surface area contributed by atoms with Crippen LogP contribution in [0.3, 0.4) is 0 Å². The zero-order valence-electron chi connectivity index (χ0n) is 17.0. The van der Waals surface area contributed by atoms with Crippen LogP contribution in [0.4, 0.5) is 10.1 Å². The standard InChI is InChI=1S/C23H26ClFN2O2.ClH/c1-16(28)27-13-10-18-14-19(6-8-22(18)27)23(29)4-2-3-11-26-12-9-17-5-7-20(25)15-21(17)24;/h5-8,14-15,26H,2-4,9-13H2,1H3;1H. The van der Waals surface area contributed by atoms with E-state index in [1.165, 1.54) is 12.1 Å². The fraction of sp³-hybridized carbons (Fsp3) is 0.391. The number of carbonyl (C=O) groups excluding carboxylic acids is 2. The molecule has 0 aromatic heterocycles. The van der Waals surface area contributed by atoms with E-state index in [2.05, 4.69) is 5.32 Å². The normalized spacial score (nSPS) is 12.4. The Morgan fingerprint density at radius 2 is 1.93 bits per heavy atom. The number of fused-ring (bicyclic) bond motifs is 1. The second-order valence-electron chi connectivity index (χ2n) is 7.38. The smallest absolute Gasteiger partial charge is 0.223 e. The summed E-state index contributed by atoms with van der Waals surface area (Å²) < 4.78 is 13.0. The Morgan fingerprint density at radius 1 is 1.13 bits per heavy atom. The molecule has 0 saturated carbocycles. The first-order valence-electron chi connectivity index (χ1n) is 10.0. The van der Waals surface area contributed by atoms with E-state index in [9.17, 15) is 14.0 Å². The summed E-state index contributed by atoms with van der Waals surface area (Å²) in [6, 6.07) is 10.1. The van der Waals surface area contributed by atoms with Gasteiger partial charge in [0.2, 0.25) is 5.91 Å². The maximum Gasteiger partial charge on any atom is 0.223 e. The lowest BCUT2D eigenvalue weighted by molar-refractivity contribution is -0.116. The third-order valence-electron chi connectivity index (χ3n) is 5.27. The number of carbonyl (C=O) groups is 2. The van der Waals surface area contributed by atoms with Crippen molar-refractivity contribution >= 4 is 41.4 Å². The molecule has 1 aliphatic rings. The van der Waals surface area contributed by atoms with Gasteiger partial charge in [0.05, 0.1) is 0 Å². The van der Waals surface area contributed by atoms with Gasteiger partial charge in [-0.15, -0.1) is 12.4 Å². The first-order valence-corrected chi connectivity index (χ1v) is 10.4. The molecule has 4 nitrogen and oxygen atoms in total. The molecule has 0 atom stereocenters. The highest BCUT2D eigenvalue weighted by atomic mass is 35.5. The summed E-state index contributed by atoms with van der Waals surface area (Å²) in [5, 5.41) is 3.79. The molecule has 1 N–H and O–H groups in total. The lowest BCUT2D eigenvalue weighted by Crippen LogP contribution is -2.25. The van der Waals surface area contributed by atoms with Crippen LogP contribution in [0.5, 0.6) is 0 Å². The van der Waals surface area contributed by atoms with E-state index in [0.29, 0.717) is 18.0 Å². The van der Waals surface area contributed by atoms with E-state index in [1.807, 2.05) is 18.2 Å². The van der Waals surface area contributed by atoms with Crippen LogP contribution in [0, 0.1) is 5.82 Å². The molecule has 0 fully saturated rings. The van der Waals surface area contributed by atoms with Gasteiger partial charge in [-0.1, -0.05) is 17.7 Å². The second kappa shape index (κ2) is 11.4. The van der Waals surface area contributed by atoms with E-state index in [1.54, 1.807) is 17.9 Å². The van der Waals surface area contributed by atoms with Crippen molar-refractivity contribution in [1.29, 1.82) is 0 Å². The summed E-state index contributed by atoms with van der Waals surface area (Å²) in [7, 11) is 0. The number of nitrogens with one attached hydrogen (secondary N) is 1. The molecule has 7 heteroatoms. The van der Waals surface area contributed by atoms with Crippen molar-refractivity contribution in [1.82, 2.24) is 5.32 Å². The second-order valence-corrected chi connectivity index (χ2v) is 7.79. The van der Waals surface area contributed by atoms with Crippen molar-refractivity contribution in [3.05, 3.63) is 63.9 Å². The quantitative estimate of drug-likeness (QED) is 0.430. The van der Waals surface area contributed by atoms with Crippen LogP contribution in [0.15, 0.2) is 36.4 Å². The minimum Gasteiger partial charge on any atom is -0.316 e. The molecular formula is C23H27Cl2FN2O2. The summed E-state index contributed by atoms with van der Waals surface area (Å²) in [6.07, 6.45) is 3.79. The highest BCUT2D eigenvalue weighted by Gasteiger charge is 2.22. The van der Waals surface area contributed by atoms with Gasteiger partial charge in [0.15, 0.2) is 5.78 Å². The summed E-state index contributed by atoms with van der Waals surface area (Å²) in [6.45, 7) is 3.84. The predicted molar refractivity (Wildman–Crippen MR) is 122 cm³/mol. The van der Waals surface area contributed by atoms with Crippen molar-refractivity contribution in [2.24, 2.45) is 0 Å². The van der Waals surface area contributed by atoms with Crippen molar-refractivity contribution < 1.29 is 14.0 Å². The Morgan fingerprint density at radius 3 is 2.67 bits per heavy atom. The minimum atomic E-state index is -0.323. The molecule has 0 spiro atoms. The molecule has 162 valence electrons. The third-order valence-corrected chi connectivity index (χ3v) is 5.62. The van der Waals surface area contributed by atoms with E-state index >= 15 is 0 Å². The average Bonchev–Trinajstić information content (AvgIpc) is 3.12. The molecule has 1 heterocycles. The van der Waals surface area contributed by atoms with Crippen LogP contribution in [0.1, 0.15) is 47.7 Å². The highest BCUT2D eigenvalue weighted by molar-refractivity contribution is 6.31. The van der Waals surface area contributed by atoms with E-state index in [-0.39, 0.29) is 29.9 Å². The van der Waals surface area contributed by atoms with E-state index in [4.69, 9.17) is 11.6 Å². The lowest BCUT2D eigenvalue weighted by Gasteiger charge is -2.14. The van der Waals surface area contributed by atoms with Gasteiger partial charge < -0.3 is 10.2 Å². The van der Waals surface area contributed by atoms with Crippen LogP contribution in [0.25, 0.3) is 0 Å². The summed E-state index contributed by atoms with van der Waals surface area (Å²) in [5.74, 6) is -0.139. The molecule has 1 aliphatic heterocycles. The summed E-state index contributed by atoms with van der Waals surface area (Å²) in [5.41, 5.74) is 3.66. The van der Waals surface area contributed by atoms with E-state index in [0.717, 1.165) is 61.2 Å². The first-order chi connectivity index (χ1) is 14.0. The fourth-order valence-corrected chi connectivity index (χ4v) is 3.92. The maximum atomic E-state index is 13.0. The van der Waals surface area contributed by atoms with Gasteiger partial charge in [0, 0.05) is 36.2 Å². The molecule has 0 bridgehead atoms. The van der Waals surface area contributed by atoms with Gasteiger partial charge in [-0.3, -0.25) is 9.59 Å². The fourth-order valence-electron chi connectivity index (χ4n) is 3.65. The Hall–Kier alpha value is -1.95. The molecule has 3 rings (SSSR count). The largest absolute Gasteiger partial charge is 0.316 e. The number of ketones is 1. The SMILES string of the molecule is CC(=O)N1CCc2cc(C(=O)CCCCNCCc3ccc(F)cc3Cl)ccc21.Cl. The first kappa shape index (κ1) is 24.3. The van der Waals surface area contributed by atoms with Gasteiger partial charge in [0.1, 0.15) is 5.82 Å². The molecule has 0 radical (unpaired) electrons. The monoisotopic (exact) mass is 452 g/mol. The average molecular weight is 453 g/mol. The lowest BCUT2D eigenvalue weighted by atomic mass is 10.0. The molecule has 0 unspecified atom stereocenters. The van der Waals surface area contributed by atoms with E-state index < -0.39 is 0 Å². The topological polar surface area (TPSA) is 49.4 Å². The Labute approximate surface area is 188 Å². The molecule has 0 aliphatic carbocycles. The number of halogens is 3. The zero-order chi connectivity index (χ0) is 20.8. The van der Waals surface area contributed by atoms with Crippen LogP contribution in [-0.2, 0) is 17.6 Å². The van der Waals surface area contributed by atoms with Crippen LogP contribution < -0.4 is 10.2 Å². The molecule has 2 aromatic carbocycles. The predicted octanol–water partition coefficient (Wildman–Crippen LogP) is 5.00. The van der Waals surface area contributed by atoms with Crippen LogP contribution >= 0.6 is 24.0 Å². The summed E-state index contributed by atoms with van der Waals surface area (Å²) >= 11 is 6.02.